The number of halogens is 3. The number of ether oxygens (including phenoxy) is 4. The van der Waals surface area contributed by atoms with Crippen molar-refractivity contribution in [2.45, 2.75) is 57.1 Å². The summed E-state index contributed by atoms with van der Waals surface area (Å²) in [6.45, 7) is 6.40. The summed E-state index contributed by atoms with van der Waals surface area (Å²) >= 11 is 18.2. The molecule has 0 aromatic heterocycles. The van der Waals surface area contributed by atoms with E-state index in [9.17, 15) is 26.4 Å². The molecule has 1 rings (SSSR count). The van der Waals surface area contributed by atoms with Crippen molar-refractivity contribution >= 4 is 66.4 Å². The average Bonchev–Trinajstić information content (AvgIpc) is 2.85. The molecule has 0 heterocycles. The first-order valence-corrected chi connectivity index (χ1v) is 16.6. The van der Waals surface area contributed by atoms with E-state index in [1.165, 1.54) is 51.1 Å². The van der Waals surface area contributed by atoms with Crippen LogP contribution in [0.3, 0.4) is 0 Å². The highest BCUT2D eigenvalue weighted by molar-refractivity contribution is 7.95. The van der Waals surface area contributed by atoms with Crippen LogP contribution in [0.4, 0.5) is 0 Å². The second kappa shape index (κ2) is 16.5. The standard InChI is InChI=1S/C25H33Cl3O10S2/c1-6-39(31,32)15-21(38-19(5)30)14-35-24(17(3)27)9-7-16(2)40(33,34)22-8-10-25(23(28)11-22)36-13-20(12-26)37-18(4)29/h7-11,17,20-21H,6,12-15H2,1-5H3/b16-7+,24-9+/t17?,20-,21+/m1/s1. The van der Waals surface area contributed by atoms with Crippen LogP contribution in [-0.4, -0.2) is 77.0 Å². The lowest BCUT2D eigenvalue weighted by atomic mass is 10.3. The Morgan fingerprint density at radius 1 is 0.975 bits per heavy atom. The Morgan fingerprint density at radius 2 is 1.57 bits per heavy atom. The van der Waals surface area contributed by atoms with Gasteiger partial charge < -0.3 is 18.9 Å². The SMILES string of the molecule is CCS(=O)(=O)C[C@H](CO/C(=C/C=C(\C)S(=O)(=O)c1ccc(OC[C@@H](CCl)OC(C)=O)c(Cl)c1)C(C)Cl)OC(C)=O. The first-order valence-electron chi connectivity index (χ1n) is 12.0. The van der Waals surface area contributed by atoms with Crippen LogP contribution < -0.4 is 4.74 Å². The molecule has 0 saturated heterocycles. The molecular weight excluding hydrogens is 631 g/mol. The minimum atomic E-state index is -3.99. The van der Waals surface area contributed by atoms with E-state index >= 15 is 0 Å². The van der Waals surface area contributed by atoms with Gasteiger partial charge in [-0.1, -0.05) is 18.5 Å². The molecule has 0 bridgehead atoms. The van der Waals surface area contributed by atoms with Crippen molar-refractivity contribution in [3.63, 3.8) is 0 Å². The predicted octanol–water partition coefficient (Wildman–Crippen LogP) is 4.46. The zero-order chi connectivity index (χ0) is 30.7. The fourth-order valence-corrected chi connectivity index (χ4v) is 5.70. The fourth-order valence-electron chi connectivity index (χ4n) is 3.00. The Kier molecular flexibility index (Phi) is 14.8. The highest BCUT2D eigenvalue weighted by Crippen LogP contribution is 2.30. The number of rotatable bonds is 16. The number of alkyl halides is 2. The Hall–Kier alpha value is -1.99. The molecule has 226 valence electrons. The molecule has 10 nitrogen and oxygen atoms in total. The minimum Gasteiger partial charge on any atom is -0.492 e. The molecule has 0 aliphatic heterocycles. The number of esters is 2. The number of benzene rings is 1. The molecule has 0 amide bonds. The van der Waals surface area contributed by atoms with Crippen LogP contribution in [0.15, 0.2) is 45.9 Å². The van der Waals surface area contributed by atoms with Gasteiger partial charge in [-0.05, 0) is 44.2 Å². The van der Waals surface area contributed by atoms with E-state index in [0.717, 1.165) is 6.92 Å². The number of carbonyl (C=O) groups is 2. The van der Waals surface area contributed by atoms with E-state index in [-0.39, 0.29) is 51.2 Å². The summed E-state index contributed by atoms with van der Waals surface area (Å²) in [6.07, 6.45) is 0.822. The van der Waals surface area contributed by atoms with Crippen molar-refractivity contribution in [2.24, 2.45) is 0 Å². The molecule has 0 fully saturated rings. The summed E-state index contributed by atoms with van der Waals surface area (Å²) in [7, 11) is -7.46. The third-order valence-electron chi connectivity index (χ3n) is 5.09. The zero-order valence-electron chi connectivity index (χ0n) is 22.7. The molecule has 1 aromatic rings. The van der Waals surface area contributed by atoms with Crippen molar-refractivity contribution < 1.29 is 45.4 Å². The molecule has 40 heavy (non-hydrogen) atoms. The van der Waals surface area contributed by atoms with Crippen molar-refractivity contribution in [1.29, 1.82) is 0 Å². The van der Waals surface area contributed by atoms with Crippen LogP contribution in [0.2, 0.25) is 5.02 Å². The third kappa shape index (κ3) is 12.3. The molecule has 0 N–H and O–H groups in total. The second-order valence-electron chi connectivity index (χ2n) is 8.50. The van der Waals surface area contributed by atoms with E-state index < -0.39 is 55.0 Å². The Morgan fingerprint density at radius 3 is 2.08 bits per heavy atom. The zero-order valence-corrected chi connectivity index (χ0v) is 26.6. The van der Waals surface area contributed by atoms with Crippen molar-refractivity contribution in [3.8, 4) is 5.75 Å². The van der Waals surface area contributed by atoms with Gasteiger partial charge in [0.2, 0.25) is 9.84 Å². The molecule has 1 unspecified atom stereocenters. The Bertz CT molecular complexity index is 1310. The highest BCUT2D eigenvalue weighted by atomic mass is 35.5. The van der Waals surface area contributed by atoms with Gasteiger partial charge in [-0.3, -0.25) is 9.59 Å². The van der Waals surface area contributed by atoms with E-state index in [0.29, 0.717) is 0 Å². The molecule has 0 aliphatic carbocycles. The van der Waals surface area contributed by atoms with Gasteiger partial charge in [0.05, 0.1) is 26.9 Å². The maximum absolute atomic E-state index is 13.1. The highest BCUT2D eigenvalue weighted by Gasteiger charge is 2.23. The smallest absolute Gasteiger partial charge is 0.303 e. The third-order valence-corrected chi connectivity index (χ3v) is 9.56. The van der Waals surface area contributed by atoms with E-state index in [2.05, 4.69) is 0 Å². The number of carbonyl (C=O) groups excluding carboxylic acids is 2. The van der Waals surface area contributed by atoms with Gasteiger partial charge in [-0.2, -0.15) is 0 Å². The maximum atomic E-state index is 13.1. The summed E-state index contributed by atoms with van der Waals surface area (Å²) in [4.78, 5) is 22.3. The first-order chi connectivity index (χ1) is 18.5. The van der Waals surface area contributed by atoms with E-state index in [1.54, 1.807) is 6.92 Å². The number of sulfone groups is 2. The van der Waals surface area contributed by atoms with Crippen molar-refractivity contribution in [1.82, 2.24) is 0 Å². The van der Waals surface area contributed by atoms with Crippen LogP contribution in [-0.2, 0) is 43.5 Å². The Labute approximate surface area is 250 Å². The number of allylic oxidation sites excluding steroid dienone is 4. The fraction of sp³-hybridized carbons (Fsp3) is 0.520. The topological polar surface area (TPSA) is 139 Å². The predicted molar refractivity (Wildman–Crippen MR) is 153 cm³/mol. The lowest BCUT2D eigenvalue weighted by molar-refractivity contribution is -0.148. The molecule has 1 aromatic carbocycles. The lowest BCUT2D eigenvalue weighted by Gasteiger charge is -2.19. The maximum Gasteiger partial charge on any atom is 0.303 e. The molecule has 15 heteroatoms. The normalized spacial score (nSPS) is 15.1. The van der Waals surface area contributed by atoms with Gasteiger partial charge >= 0.3 is 11.9 Å². The van der Waals surface area contributed by atoms with Gasteiger partial charge in [0.15, 0.2) is 9.84 Å². The van der Waals surface area contributed by atoms with Gasteiger partial charge in [-0.15, -0.1) is 23.2 Å². The largest absolute Gasteiger partial charge is 0.492 e. The molecule has 0 radical (unpaired) electrons. The summed E-state index contributed by atoms with van der Waals surface area (Å²) in [5.74, 6) is -1.48. The Balaban J connectivity index is 3.09. The lowest BCUT2D eigenvalue weighted by Crippen LogP contribution is -2.31. The molecular formula is C25H33Cl3O10S2. The van der Waals surface area contributed by atoms with Gasteiger partial charge in [0, 0.05) is 24.5 Å². The number of hydrogen-bond acceptors (Lipinski definition) is 10. The quantitative estimate of drug-likeness (QED) is 0.108. The minimum absolute atomic E-state index is 0.00393. The molecule has 0 saturated carbocycles. The van der Waals surface area contributed by atoms with Crippen LogP contribution in [0.5, 0.6) is 5.75 Å². The molecule has 0 aliphatic rings. The van der Waals surface area contributed by atoms with Crippen molar-refractivity contribution in [3.05, 3.63) is 46.0 Å². The average molecular weight is 664 g/mol. The van der Waals surface area contributed by atoms with Gasteiger partial charge in [0.25, 0.3) is 0 Å². The van der Waals surface area contributed by atoms with Crippen LogP contribution in [0, 0.1) is 0 Å². The van der Waals surface area contributed by atoms with Crippen LogP contribution in [0.1, 0.15) is 34.6 Å². The monoisotopic (exact) mass is 662 g/mol. The summed E-state index contributed by atoms with van der Waals surface area (Å²) in [5.41, 5.74) is 0. The van der Waals surface area contributed by atoms with Gasteiger partial charge in [0.1, 0.15) is 36.9 Å². The van der Waals surface area contributed by atoms with Crippen LogP contribution in [0.25, 0.3) is 0 Å². The summed E-state index contributed by atoms with van der Waals surface area (Å²) < 4.78 is 71.4. The molecule has 3 atom stereocenters. The van der Waals surface area contributed by atoms with E-state index in [4.69, 9.17) is 53.8 Å². The summed E-state index contributed by atoms with van der Waals surface area (Å²) in [6, 6.07) is 3.89. The molecule has 0 spiro atoms. The van der Waals surface area contributed by atoms with Crippen molar-refractivity contribution in [2.75, 3.05) is 30.6 Å². The first kappa shape index (κ1) is 36.0. The number of hydrogen-bond donors (Lipinski definition) is 0. The van der Waals surface area contributed by atoms with Crippen LogP contribution >= 0.6 is 34.8 Å². The van der Waals surface area contributed by atoms with E-state index in [1.807, 2.05) is 0 Å². The summed E-state index contributed by atoms with van der Waals surface area (Å²) in [5, 5.41) is -0.709. The van der Waals surface area contributed by atoms with Gasteiger partial charge in [-0.25, -0.2) is 16.8 Å². The second-order valence-corrected chi connectivity index (χ2v) is 14.4.